The topological polar surface area (TPSA) is 128 Å². The van der Waals surface area contributed by atoms with Gasteiger partial charge in [-0.1, -0.05) is 32.5 Å². The van der Waals surface area contributed by atoms with Crippen molar-refractivity contribution in [3.05, 3.63) is 56.6 Å². The first kappa shape index (κ1) is 22.8. The van der Waals surface area contributed by atoms with Crippen LogP contribution in [-0.4, -0.2) is 43.2 Å². The lowest BCUT2D eigenvalue weighted by Gasteiger charge is -2.23. The standard InChI is InChI=1S/C23H22IN7O2S/c25-11-18-10-24-23(34-18)29-22(32)14-3-5-17(6-4-14)33-13-15-7-9-27-20-19(15)21(31-30-20)28-16-2-1-8-26-12-16/h3-7,9-10,16,26H,1-2,8,12-13H2,(H,29,32)(H2,27,28,30,31)/t16-/m1/s1. The molecule has 2 aliphatic heterocycles. The maximum atomic E-state index is 12.5. The van der Waals surface area contributed by atoms with Crippen LogP contribution in [0.2, 0.25) is 0 Å². The molecule has 4 heterocycles. The van der Waals surface area contributed by atoms with Gasteiger partial charge < -0.3 is 20.7 Å². The smallest absolute Gasteiger partial charge is 0.256 e. The monoisotopic (exact) mass is 587 g/mol. The average molecular weight is 587 g/mol. The summed E-state index contributed by atoms with van der Waals surface area (Å²) in [6.45, 7) is 2.32. The highest BCUT2D eigenvalue weighted by Gasteiger charge is 2.18. The summed E-state index contributed by atoms with van der Waals surface area (Å²) >= 11 is 0.906. The van der Waals surface area contributed by atoms with Gasteiger partial charge in [0.05, 0.1) is 10.3 Å². The van der Waals surface area contributed by atoms with E-state index in [2.05, 4.69) is 37.2 Å². The molecule has 0 saturated carbocycles. The fourth-order valence-corrected chi connectivity index (χ4v) is 7.42. The molecule has 9 nitrogen and oxygen atoms in total. The van der Waals surface area contributed by atoms with Crippen LogP contribution in [0, 0.1) is 11.3 Å². The Kier molecular flexibility index (Phi) is 7.08. The minimum Gasteiger partial charge on any atom is -0.489 e. The maximum Gasteiger partial charge on any atom is 0.256 e. The van der Waals surface area contributed by atoms with E-state index in [1.807, 2.05) is 10.1 Å². The number of carbonyl (C=O) groups excluding carboxylic acids is 1. The van der Waals surface area contributed by atoms with E-state index in [0.29, 0.717) is 28.9 Å². The average Bonchev–Trinajstić information content (AvgIpc) is 3.51. The summed E-state index contributed by atoms with van der Waals surface area (Å²) in [4.78, 5) is 17.6. The van der Waals surface area contributed by atoms with E-state index in [9.17, 15) is 4.79 Å². The third-order valence-corrected chi connectivity index (χ3v) is 9.63. The molecule has 0 aliphatic carbocycles. The fraction of sp³-hybridized carbons (Fsp3) is 0.261. The first-order chi connectivity index (χ1) is 16.7. The second-order valence-corrected chi connectivity index (χ2v) is 11.9. The number of allylic oxidation sites excluding steroid dienone is 1. The van der Waals surface area contributed by atoms with Crippen LogP contribution >= 0.6 is 32.5 Å². The van der Waals surface area contributed by atoms with Crippen molar-refractivity contribution in [1.29, 1.82) is 5.26 Å². The maximum absolute atomic E-state index is 12.5. The molecule has 174 valence electrons. The highest BCUT2D eigenvalue weighted by Crippen LogP contribution is 2.31. The molecule has 1 aromatic carbocycles. The number of benzene rings is 1. The van der Waals surface area contributed by atoms with Crippen molar-refractivity contribution in [3.8, 4) is 11.8 Å². The Morgan fingerprint density at radius 1 is 1.32 bits per heavy atom. The molecule has 4 N–H and O–H groups in total. The van der Waals surface area contributed by atoms with Crippen LogP contribution in [0.25, 0.3) is 11.0 Å². The van der Waals surface area contributed by atoms with Crippen molar-refractivity contribution >= 4 is 58.2 Å². The molecule has 0 radical (unpaired) electrons. The van der Waals surface area contributed by atoms with Gasteiger partial charge in [0.2, 0.25) is 0 Å². The number of ether oxygens (including phenoxy) is 1. The van der Waals surface area contributed by atoms with E-state index in [1.165, 1.54) is 11.8 Å². The molecule has 0 unspecified atom stereocenters. The first-order valence-electron chi connectivity index (χ1n) is 10.8. The summed E-state index contributed by atoms with van der Waals surface area (Å²) in [5.74, 6) is 1.28. The van der Waals surface area contributed by atoms with Crippen molar-refractivity contribution in [1.82, 2.24) is 25.8 Å². The van der Waals surface area contributed by atoms with E-state index < -0.39 is 20.7 Å². The highest BCUT2D eigenvalue weighted by molar-refractivity contribution is 14.2. The van der Waals surface area contributed by atoms with Crippen LogP contribution in [0.15, 0.2) is 45.5 Å². The number of nitrogens with one attached hydrogen (secondary N) is 4. The number of amides is 1. The Morgan fingerprint density at radius 3 is 2.97 bits per heavy atom. The number of H-pyrrole nitrogens is 1. The quantitative estimate of drug-likeness (QED) is 0.309. The van der Waals surface area contributed by atoms with Gasteiger partial charge in [0.15, 0.2) is 11.5 Å². The number of anilines is 1. The Bertz CT molecular complexity index is 1310. The van der Waals surface area contributed by atoms with Gasteiger partial charge in [-0.05, 0) is 53.8 Å². The molecule has 0 bridgehead atoms. The zero-order chi connectivity index (χ0) is 23.3. The van der Waals surface area contributed by atoms with Crippen molar-refractivity contribution in [2.45, 2.75) is 25.5 Å². The number of fused-ring (bicyclic) bond motifs is 1. The zero-order valence-electron chi connectivity index (χ0n) is 18.1. The molecule has 2 aromatic heterocycles. The minimum absolute atomic E-state index is 0.177. The number of hydrogen-bond acceptors (Lipinski definition) is 8. The van der Waals surface area contributed by atoms with Crippen LogP contribution < -0.4 is 20.7 Å². The molecule has 2 aliphatic rings. The summed E-state index contributed by atoms with van der Waals surface area (Å²) in [6, 6.07) is 11.4. The van der Waals surface area contributed by atoms with Crippen LogP contribution in [0.1, 0.15) is 28.8 Å². The Hall–Kier alpha value is -2.95. The summed E-state index contributed by atoms with van der Waals surface area (Å²) < 4.78 is 8.81. The van der Waals surface area contributed by atoms with Crippen LogP contribution in [0.4, 0.5) is 5.82 Å². The molecule has 1 atom stereocenters. The largest absolute Gasteiger partial charge is 0.489 e. The SMILES string of the molecule is N#CC1=CI=C(NC(=O)c2ccc(OCc3ccnc4[nH]nc(N[C@@H]5CCCNC5)c34)cc2)S1. The van der Waals surface area contributed by atoms with Gasteiger partial charge in [-0.3, -0.25) is 9.89 Å². The molecule has 5 rings (SSSR count). The molecule has 1 fully saturated rings. The van der Waals surface area contributed by atoms with Gasteiger partial charge in [0, 0.05) is 29.9 Å². The van der Waals surface area contributed by atoms with Gasteiger partial charge >= 0.3 is 0 Å². The minimum atomic E-state index is -0.437. The van der Waals surface area contributed by atoms with Crippen molar-refractivity contribution in [2.75, 3.05) is 18.4 Å². The first-order valence-corrected chi connectivity index (χ1v) is 14.0. The van der Waals surface area contributed by atoms with Crippen molar-refractivity contribution in [3.63, 3.8) is 0 Å². The third kappa shape index (κ3) is 5.24. The number of rotatable bonds is 7. The van der Waals surface area contributed by atoms with E-state index in [1.54, 1.807) is 30.5 Å². The molecular weight excluding hydrogens is 565 g/mol. The number of piperidine rings is 1. The number of carbonyl (C=O) groups is 1. The predicted molar refractivity (Wildman–Crippen MR) is 142 cm³/mol. The number of halogens is 1. The fourth-order valence-electron chi connectivity index (χ4n) is 3.77. The number of nitriles is 1. The van der Waals surface area contributed by atoms with Gasteiger partial charge in [-0.25, -0.2) is 4.98 Å². The predicted octanol–water partition coefficient (Wildman–Crippen LogP) is 3.60. The van der Waals surface area contributed by atoms with Gasteiger partial charge in [0.25, 0.3) is 5.91 Å². The van der Waals surface area contributed by atoms with Crippen LogP contribution in [0.5, 0.6) is 5.75 Å². The van der Waals surface area contributed by atoms with Crippen LogP contribution in [-0.2, 0) is 6.61 Å². The number of nitrogens with zero attached hydrogens (tertiary/aromatic N) is 3. The molecule has 3 aromatic rings. The Balaban J connectivity index is 1.23. The van der Waals surface area contributed by atoms with Gasteiger partial charge in [-0.2, -0.15) is 10.4 Å². The highest BCUT2D eigenvalue weighted by atomic mass is 127. The molecular formula is C23H22IN7O2S. The summed E-state index contributed by atoms with van der Waals surface area (Å²) in [7, 11) is 0. The third-order valence-electron chi connectivity index (χ3n) is 5.47. The lowest BCUT2D eigenvalue weighted by atomic mass is 10.1. The van der Waals surface area contributed by atoms with Gasteiger partial charge in [0.1, 0.15) is 21.4 Å². The lowest BCUT2D eigenvalue weighted by Crippen LogP contribution is -2.38. The second kappa shape index (κ2) is 10.5. The lowest BCUT2D eigenvalue weighted by molar-refractivity contribution is 0.0978. The number of aromatic nitrogens is 3. The van der Waals surface area contributed by atoms with Crippen molar-refractivity contribution in [2.24, 2.45) is 0 Å². The molecule has 1 amide bonds. The molecule has 0 spiro atoms. The van der Waals surface area contributed by atoms with E-state index in [0.717, 1.165) is 51.3 Å². The Morgan fingerprint density at radius 2 is 2.21 bits per heavy atom. The second-order valence-electron chi connectivity index (χ2n) is 7.79. The zero-order valence-corrected chi connectivity index (χ0v) is 21.1. The summed E-state index contributed by atoms with van der Waals surface area (Å²) in [5, 5.41) is 27.2. The molecule has 11 heteroatoms. The number of hydrogen-bond donors (Lipinski definition) is 4. The number of thioether (sulfide) groups is 1. The van der Waals surface area contributed by atoms with Gasteiger partial charge in [-0.15, -0.1) is 0 Å². The van der Waals surface area contributed by atoms with E-state index >= 15 is 0 Å². The summed E-state index contributed by atoms with van der Waals surface area (Å²) in [6.07, 6.45) is 3.98. The number of pyridine rings is 1. The number of aromatic amines is 1. The van der Waals surface area contributed by atoms with Crippen molar-refractivity contribution < 1.29 is 9.53 Å². The Labute approximate surface area is 210 Å². The van der Waals surface area contributed by atoms with Crippen LogP contribution in [0.3, 0.4) is 0 Å². The molecule has 1 saturated heterocycles. The van der Waals surface area contributed by atoms with E-state index in [-0.39, 0.29) is 5.91 Å². The normalized spacial score (nSPS) is 17.8. The molecule has 34 heavy (non-hydrogen) atoms. The van der Waals surface area contributed by atoms with E-state index in [4.69, 9.17) is 10.00 Å². The summed E-state index contributed by atoms with van der Waals surface area (Å²) in [5.41, 5.74) is 2.24.